The number of nitrogens with zero attached hydrogens (tertiary/aromatic N) is 3. The molecule has 0 spiro atoms. The molecule has 5 rings (SSSR count). The van der Waals surface area contributed by atoms with Crippen LogP contribution < -0.4 is 9.47 Å². The summed E-state index contributed by atoms with van der Waals surface area (Å²) in [6.07, 6.45) is 2.85. The molecule has 9 nitrogen and oxygen atoms in total. The third-order valence-corrected chi connectivity index (χ3v) is 7.23. The van der Waals surface area contributed by atoms with Gasteiger partial charge < -0.3 is 14.6 Å². The van der Waals surface area contributed by atoms with Gasteiger partial charge in [0, 0.05) is 24.1 Å². The molecule has 4 aromatic rings. The Kier molecular flexibility index (Phi) is 4.66. The highest BCUT2D eigenvalue weighted by Crippen LogP contribution is 2.39. The number of aromatic nitrogens is 3. The zero-order chi connectivity index (χ0) is 22.5. The fourth-order valence-corrected chi connectivity index (χ4v) is 5.40. The minimum absolute atomic E-state index is 0.0438. The molecule has 10 heteroatoms. The third-order valence-electron chi connectivity index (χ3n) is 5.46. The van der Waals surface area contributed by atoms with Gasteiger partial charge in [0.1, 0.15) is 4.90 Å². The monoisotopic (exact) mass is 453 g/mol. The Balaban J connectivity index is 1.67. The molecular formula is C22H19N3O6S. The standard InChI is InChI=1S/C22H19N3O6S/c1-14-21(11-23-25(14)16-5-3-2-4-6-16)32(28,29)24-12-15(7-8-22(26)27)17-9-19-20(10-18(17)24)31-13-30-19/h2-6,9-12H,7-8,13H2,1H3,(H,26,27). The predicted octanol–water partition coefficient (Wildman–Crippen LogP) is 3.12. The van der Waals surface area contributed by atoms with Crippen LogP contribution in [0.3, 0.4) is 0 Å². The number of aryl methyl sites for hydroxylation is 1. The number of rotatable bonds is 6. The Morgan fingerprint density at radius 2 is 1.88 bits per heavy atom. The predicted molar refractivity (Wildman–Crippen MR) is 115 cm³/mol. The number of carboxylic acids is 1. The molecule has 2 aromatic heterocycles. The highest BCUT2D eigenvalue weighted by molar-refractivity contribution is 7.90. The lowest BCUT2D eigenvalue weighted by Gasteiger charge is -2.09. The van der Waals surface area contributed by atoms with Crippen LogP contribution in [0.25, 0.3) is 16.6 Å². The SMILES string of the molecule is Cc1c(S(=O)(=O)n2cc(CCC(=O)O)c3cc4c(cc32)OCO4)cnn1-c1ccccc1. The maximum Gasteiger partial charge on any atom is 0.303 e. The molecular weight excluding hydrogens is 434 g/mol. The average Bonchev–Trinajstić information content (AvgIpc) is 3.48. The zero-order valence-corrected chi connectivity index (χ0v) is 17.9. The summed E-state index contributed by atoms with van der Waals surface area (Å²) in [6, 6.07) is 12.5. The van der Waals surface area contributed by atoms with Crippen LogP contribution in [-0.4, -0.2) is 40.0 Å². The normalized spacial score (nSPS) is 13.0. The van der Waals surface area contributed by atoms with Crippen molar-refractivity contribution < 1.29 is 27.8 Å². The molecule has 0 saturated carbocycles. The van der Waals surface area contributed by atoms with Crippen molar-refractivity contribution in [1.82, 2.24) is 13.8 Å². The number of aliphatic carboxylic acids is 1. The van der Waals surface area contributed by atoms with E-state index in [4.69, 9.17) is 14.6 Å². The number of carboxylic acid groups (broad SMARTS) is 1. The van der Waals surface area contributed by atoms with Crippen molar-refractivity contribution in [3.05, 3.63) is 66.1 Å². The van der Waals surface area contributed by atoms with Gasteiger partial charge in [0.05, 0.1) is 23.1 Å². The van der Waals surface area contributed by atoms with Crippen molar-refractivity contribution in [3.63, 3.8) is 0 Å². The van der Waals surface area contributed by atoms with Gasteiger partial charge in [-0.25, -0.2) is 17.1 Å². The average molecular weight is 453 g/mol. The zero-order valence-electron chi connectivity index (χ0n) is 17.1. The Bertz CT molecular complexity index is 1450. The second kappa shape index (κ2) is 7.41. The minimum Gasteiger partial charge on any atom is -0.481 e. The number of ether oxygens (including phenoxy) is 2. The number of hydrogen-bond acceptors (Lipinski definition) is 6. The van der Waals surface area contributed by atoms with E-state index in [2.05, 4.69) is 5.10 Å². The van der Waals surface area contributed by atoms with Gasteiger partial charge in [0.25, 0.3) is 10.0 Å². The van der Waals surface area contributed by atoms with Gasteiger partial charge in [0.2, 0.25) is 6.79 Å². The van der Waals surface area contributed by atoms with E-state index in [9.17, 15) is 13.2 Å². The van der Waals surface area contributed by atoms with Crippen LogP contribution in [0.5, 0.6) is 11.5 Å². The highest BCUT2D eigenvalue weighted by Gasteiger charge is 2.28. The highest BCUT2D eigenvalue weighted by atomic mass is 32.2. The summed E-state index contributed by atoms with van der Waals surface area (Å²) in [5.41, 5.74) is 2.19. The molecule has 0 amide bonds. The first-order chi connectivity index (χ1) is 15.4. The van der Waals surface area contributed by atoms with Gasteiger partial charge >= 0.3 is 5.97 Å². The largest absolute Gasteiger partial charge is 0.481 e. The second-order valence-electron chi connectivity index (χ2n) is 7.41. The van der Waals surface area contributed by atoms with Crippen molar-refractivity contribution in [3.8, 4) is 17.2 Å². The number of hydrogen-bond donors (Lipinski definition) is 1. The molecule has 0 fully saturated rings. The fourth-order valence-electron chi connectivity index (χ4n) is 3.87. The van der Waals surface area contributed by atoms with E-state index >= 15 is 0 Å². The summed E-state index contributed by atoms with van der Waals surface area (Å²) in [6.45, 7) is 1.74. The van der Waals surface area contributed by atoms with Crippen LogP contribution in [0.4, 0.5) is 0 Å². The molecule has 1 aliphatic heterocycles. The number of benzene rings is 2. The minimum atomic E-state index is -4.03. The fraction of sp³-hybridized carbons (Fsp3) is 0.182. The van der Waals surface area contributed by atoms with Gasteiger partial charge in [-0.1, -0.05) is 18.2 Å². The summed E-state index contributed by atoms with van der Waals surface area (Å²) >= 11 is 0. The molecule has 164 valence electrons. The molecule has 1 N–H and O–H groups in total. The topological polar surface area (TPSA) is 113 Å². The van der Waals surface area contributed by atoms with Crippen molar-refractivity contribution in [1.29, 1.82) is 0 Å². The quantitative estimate of drug-likeness (QED) is 0.477. The molecule has 0 radical (unpaired) electrons. The molecule has 1 aliphatic rings. The van der Waals surface area contributed by atoms with Crippen LogP contribution in [0, 0.1) is 6.92 Å². The summed E-state index contributed by atoms with van der Waals surface area (Å²) in [5.74, 6) is -0.0275. The van der Waals surface area contributed by atoms with Gasteiger partial charge in [-0.05, 0) is 37.1 Å². The Morgan fingerprint density at radius 3 is 2.59 bits per heavy atom. The van der Waals surface area contributed by atoms with Crippen LogP contribution in [-0.2, 0) is 21.2 Å². The first-order valence-corrected chi connectivity index (χ1v) is 11.3. The molecule has 0 unspecified atom stereocenters. The second-order valence-corrected chi connectivity index (χ2v) is 9.20. The van der Waals surface area contributed by atoms with Crippen molar-refractivity contribution in [2.24, 2.45) is 0 Å². The molecule has 0 atom stereocenters. The van der Waals surface area contributed by atoms with E-state index in [0.717, 1.165) is 5.69 Å². The van der Waals surface area contributed by atoms with Gasteiger partial charge in [-0.15, -0.1) is 0 Å². The summed E-state index contributed by atoms with van der Waals surface area (Å²) < 4.78 is 41.0. The van der Waals surface area contributed by atoms with Crippen LogP contribution in [0.1, 0.15) is 17.7 Å². The molecule has 0 aliphatic carbocycles. The number of fused-ring (bicyclic) bond motifs is 2. The number of para-hydroxylation sites is 1. The van der Waals surface area contributed by atoms with Crippen LogP contribution in [0.15, 0.2) is 59.8 Å². The van der Waals surface area contributed by atoms with E-state index in [0.29, 0.717) is 33.7 Å². The smallest absolute Gasteiger partial charge is 0.303 e. The van der Waals surface area contributed by atoms with E-state index in [1.807, 2.05) is 30.3 Å². The van der Waals surface area contributed by atoms with Crippen LogP contribution >= 0.6 is 0 Å². The molecule has 3 heterocycles. The molecule has 0 bridgehead atoms. The molecule has 2 aromatic carbocycles. The summed E-state index contributed by atoms with van der Waals surface area (Å²) in [7, 11) is -4.03. The van der Waals surface area contributed by atoms with E-state index in [1.54, 1.807) is 23.7 Å². The van der Waals surface area contributed by atoms with E-state index < -0.39 is 16.0 Å². The lowest BCUT2D eigenvalue weighted by molar-refractivity contribution is -0.136. The first kappa shape index (κ1) is 20.1. The van der Waals surface area contributed by atoms with Gasteiger partial charge in [-0.2, -0.15) is 5.10 Å². The van der Waals surface area contributed by atoms with E-state index in [-0.39, 0.29) is 24.5 Å². The van der Waals surface area contributed by atoms with Crippen LogP contribution in [0.2, 0.25) is 0 Å². The maximum atomic E-state index is 13.7. The van der Waals surface area contributed by atoms with Crippen molar-refractivity contribution in [2.45, 2.75) is 24.7 Å². The third kappa shape index (κ3) is 3.19. The lowest BCUT2D eigenvalue weighted by Crippen LogP contribution is -2.13. The Hall–Kier alpha value is -3.79. The lowest BCUT2D eigenvalue weighted by atomic mass is 10.1. The Morgan fingerprint density at radius 1 is 1.16 bits per heavy atom. The van der Waals surface area contributed by atoms with Gasteiger partial charge in [0.15, 0.2) is 11.5 Å². The summed E-state index contributed by atoms with van der Waals surface area (Å²) in [5, 5.41) is 14.0. The maximum absolute atomic E-state index is 13.7. The van der Waals surface area contributed by atoms with E-state index in [1.165, 1.54) is 16.4 Å². The first-order valence-electron chi connectivity index (χ1n) is 9.87. The van der Waals surface area contributed by atoms with Crippen molar-refractivity contribution >= 4 is 26.9 Å². The van der Waals surface area contributed by atoms with Crippen molar-refractivity contribution in [2.75, 3.05) is 6.79 Å². The number of carbonyl (C=O) groups is 1. The summed E-state index contributed by atoms with van der Waals surface area (Å²) in [4.78, 5) is 11.2. The van der Waals surface area contributed by atoms with Gasteiger partial charge in [-0.3, -0.25) is 4.79 Å². The molecule has 32 heavy (non-hydrogen) atoms. The molecule has 0 saturated heterocycles. The Labute approximate surface area is 183 Å².